The molecule has 0 amide bonds. The first-order valence-electron chi connectivity index (χ1n) is 6.29. The summed E-state index contributed by atoms with van der Waals surface area (Å²) in [5, 5.41) is 14.2. The van der Waals surface area contributed by atoms with Gasteiger partial charge in [0, 0.05) is 17.8 Å². The maximum absolute atomic E-state index is 10.7. The zero-order chi connectivity index (χ0) is 13.5. The fourth-order valence-corrected chi connectivity index (χ4v) is 2.49. The standard InChI is InChI=1S/C13H19BrN2O2/c1-3-5-10(6-4-2)15-11-7-8-13(16(17)18)12(14)9-11/h7-10,15H,3-6H2,1-2H3. The lowest BCUT2D eigenvalue weighted by Gasteiger charge is -2.18. The van der Waals surface area contributed by atoms with Gasteiger partial charge in [0.1, 0.15) is 0 Å². The molecule has 0 saturated heterocycles. The first-order valence-corrected chi connectivity index (χ1v) is 7.08. The van der Waals surface area contributed by atoms with Crippen LogP contribution in [0.15, 0.2) is 22.7 Å². The van der Waals surface area contributed by atoms with E-state index in [4.69, 9.17) is 0 Å². The minimum Gasteiger partial charge on any atom is -0.382 e. The molecule has 0 spiro atoms. The van der Waals surface area contributed by atoms with Gasteiger partial charge in [-0.05, 0) is 40.9 Å². The van der Waals surface area contributed by atoms with Crippen molar-refractivity contribution in [3.8, 4) is 0 Å². The van der Waals surface area contributed by atoms with Crippen LogP contribution < -0.4 is 5.32 Å². The molecule has 100 valence electrons. The normalized spacial score (nSPS) is 10.7. The fourth-order valence-electron chi connectivity index (χ4n) is 1.97. The number of nitro benzene ring substituents is 1. The summed E-state index contributed by atoms with van der Waals surface area (Å²) >= 11 is 3.23. The van der Waals surface area contributed by atoms with Crippen molar-refractivity contribution in [2.24, 2.45) is 0 Å². The molecular weight excluding hydrogens is 296 g/mol. The quantitative estimate of drug-likeness (QED) is 0.584. The second kappa shape index (κ2) is 7.36. The third kappa shape index (κ3) is 4.29. The van der Waals surface area contributed by atoms with E-state index < -0.39 is 0 Å². The summed E-state index contributed by atoms with van der Waals surface area (Å²) in [6.07, 6.45) is 4.49. The Balaban J connectivity index is 2.77. The molecule has 1 N–H and O–H groups in total. The molecule has 1 rings (SSSR count). The van der Waals surface area contributed by atoms with E-state index in [1.54, 1.807) is 12.1 Å². The molecule has 0 aliphatic heterocycles. The first-order chi connectivity index (χ1) is 8.58. The Hall–Kier alpha value is -1.10. The van der Waals surface area contributed by atoms with Gasteiger partial charge in [0.05, 0.1) is 9.40 Å². The largest absolute Gasteiger partial charge is 0.382 e. The van der Waals surface area contributed by atoms with Crippen molar-refractivity contribution < 1.29 is 4.92 Å². The summed E-state index contributed by atoms with van der Waals surface area (Å²) < 4.78 is 0.518. The predicted molar refractivity (Wildman–Crippen MR) is 78.0 cm³/mol. The van der Waals surface area contributed by atoms with Gasteiger partial charge in [-0.1, -0.05) is 26.7 Å². The molecule has 0 radical (unpaired) electrons. The Kier molecular flexibility index (Phi) is 6.12. The van der Waals surface area contributed by atoms with E-state index >= 15 is 0 Å². The number of nitro groups is 1. The Morgan fingerprint density at radius 1 is 1.33 bits per heavy atom. The molecule has 0 heterocycles. The number of hydrogen-bond donors (Lipinski definition) is 1. The summed E-state index contributed by atoms with van der Waals surface area (Å²) in [6.45, 7) is 4.33. The summed E-state index contributed by atoms with van der Waals surface area (Å²) in [7, 11) is 0. The zero-order valence-electron chi connectivity index (χ0n) is 10.8. The number of anilines is 1. The third-order valence-electron chi connectivity index (χ3n) is 2.79. The molecule has 1 aromatic rings. The van der Waals surface area contributed by atoms with Gasteiger partial charge >= 0.3 is 0 Å². The van der Waals surface area contributed by atoms with E-state index in [2.05, 4.69) is 35.1 Å². The second-order valence-corrected chi connectivity index (χ2v) is 5.20. The van der Waals surface area contributed by atoms with Crippen LogP contribution in [-0.2, 0) is 0 Å². The zero-order valence-corrected chi connectivity index (χ0v) is 12.4. The number of nitrogens with zero attached hydrogens (tertiary/aromatic N) is 1. The first kappa shape index (κ1) is 15.0. The molecule has 0 aliphatic carbocycles. The summed E-state index contributed by atoms with van der Waals surface area (Å²) in [4.78, 5) is 10.3. The topological polar surface area (TPSA) is 55.2 Å². The highest BCUT2D eigenvalue weighted by atomic mass is 79.9. The molecule has 0 bridgehead atoms. The van der Waals surface area contributed by atoms with Crippen LogP contribution in [0.4, 0.5) is 11.4 Å². The van der Waals surface area contributed by atoms with Crippen molar-refractivity contribution >= 4 is 27.3 Å². The number of nitrogens with one attached hydrogen (secondary N) is 1. The second-order valence-electron chi connectivity index (χ2n) is 4.34. The summed E-state index contributed by atoms with van der Waals surface area (Å²) in [6, 6.07) is 5.51. The van der Waals surface area contributed by atoms with Crippen LogP contribution >= 0.6 is 15.9 Å². The van der Waals surface area contributed by atoms with Crippen molar-refractivity contribution in [3.63, 3.8) is 0 Å². The minimum atomic E-state index is -0.385. The van der Waals surface area contributed by atoms with E-state index in [0.717, 1.165) is 31.4 Å². The maximum Gasteiger partial charge on any atom is 0.283 e. The van der Waals surface area contributed by atoms with Crippen LogP contribution in [0, 0.1) is 10.1 Å². The Morgan fingerprint density at radius 3 is 2.39 bits per heavy atom. The van der Waals surface area contributed by atoms with Gasteiger partial charge in [0.25, 0.3) is 5.69 Å². The molecular formula is C13H19BrN2O2. The van der Waals surface area contributed by atoms with Gasteiger partial charge in [-0.2, -0.15) is 0 Å². The molecule has 5 heteroatoms. The smallest absolute Gasteiger partial charge is 0.283 e. The molecule has 0 aliphatic rings. The Bertz CT molecular complexity index is 404. The van der Waals surface area contributed by atoms with Crippen molar-refractivity contribution in [2.45, 2.75) is 45.6 Å². The van der Waals surface area contributed by atoms with E-state index in [1.807, 2.05) is 0 Å². The molecule has 18 heavy (non-hydrogen) atoms. The van der Waals surface area contributed by atoms with E-state index in [1.165, 1.54) is 6.07 Å². The van der Waals surface area contributed by atoms with Gasteiger partial charge in [-0.15, -0.1) is 0 Å². The molecule has 0 unspecified atom stereocenters. The third-order valence-corrected chi connectivity index (χ3v) is 3.42. The SMILES string of the molecule is CCCC(CCC)Nc1ccc([N+](=O)[O-])c(Br)c1. The van der Waals surface area contributed by atoms with Gasteiger partial charge in [-0.25, -0.2) is 0 Å². The van der Waals surface area contributed by atoms with Crippen LogP contribution in [0.1, 0.15) is 39.5 Å². The number of rotatable bonds is 7. The van der Waals surface area contributed by atoms with E-state index in [-0.39, 0.29) is 10.6 Å². The van der Waals surface area contributed by atoms with Crippen LogP contribution in [0.25, 0.3) is 0 Å². The average molecular weight is 315 g/mol. The lowest BCUT2D eigenvalue weighted by Crippen LogP contribution is -2.18. The Labute approximate surface area is 116 Å². The maximum atomic E-state index is 10.7. The highest BCUT2D eigenvalue weighted by Gasteiger charge is 2.13. The summed E-state index contributed by atoms with van der Waals surface area (Å²) in [5.41, 5.74) is 1.03. The van der Waals surface area contributed by atoms with Crippen LogP contribution in [0.5, 0.6) is 0 Å². The number of hydrogen-bond acceptors (Lipinski definition) is 3. The monoisotopic (exact) mass is 314 g/mol. The average Bonchev–Trinajstić information content (AvgIpc) is 2.29. The number of halogens is 1. The van der Waals surface area contributed by atoms with Crippen LogP contribution in [0.3, 0.4) is 0 Å². The van der Waals surface area contributed by atoms with Crippen LogP contribution in [-0.4, -0.2) is 11.0 Å². The van der Waals surface area contributed by atoms with Crippen molar-refractivity contribution in [3.05, 3.63) is 32.8 Å². The highest BCUT2D eigenvalue weighted by Crippen LogP contribution is 2.28. The van der Waals surface area contributed by atoms with Gasteiger partial charge < -0.3 is 5.32 Å². The van der Waals surface area contributed by atoms with Crippen molar-refractivity contribution in [1.82, 2.24) is 0 Å². The molecule has 1 aromatic carbocycles. The lowest BCUT2D eigenvalue weighted by atomic mass is 10.1. The molecule has 4 nitrogen and oxygen atoms in total. The summed E-state index contributed by atoms with van der Waals surface area (Å²) in [5.74, 6) is 0. The highest BCUT2D eigenvalue weighted by molar-refractivity contribution is 9.10. The van der Waals surface area contributed by atoms with Gasteiger partial charge in [0.15, 0.2) is 0 Å². The van der Waals surface area contributed by atoms with Crippen molar-refractivity contribution in [2.75, 3.05) is 5.32 Å². The molecule has 0 aromatic heterocycles. The Morgan fingerprint density at radius 2 is 1.94 bits per heavy atom. The number of benzene rings is 1. The van der Waals surface area contributed by atoms with Crippen LogP contribution in [0.2, 0.25) is 0 Å². The molecule has 0 atom stereocenters. The minimum absolute atomic E-state index is 0.100. The van der Waals surface area contributed by atoms with E-state index in [0.29, 0.717) is 10.5 Å². The fraction of sp³-hybridized carbons (Fsp3) is 0.538. The van der Waals surface area contributed by atoms with Gasteiger partial charge in [-0.3, -0.25) is 10.1 Å². The molecule has 0 fully saturated rings. The predicted octanol–water partition coefficient (Wildman–Crippen LogP) is 4.74. The van der Waals surface area contributed by atoms with Gasteiger partial charge in [0.2, 0.25) is 0 Å². The van der Waals surface area contributed by atoms with E-state index in [9.17, 15) is 10.1 Å². The lowest BCUT2D eigenvalue weighted by molar-refractivity contribution is -0.385. The van der Waals surface area contributed by atoms with Crippen molar-refractivity contribution in [1.29, 1.82) is 0 Å². The molecule has 0 saturated carbocycles.